The summed E-state index contributed by atoms with van der Waals surface area (Å²) in [6.07, 6.45) is 1.62. The molecule has 0 aromatic carbocycles. The van der Waals surface area contributed by atoms with Crippen molar-refractivity contribution in [2.75, 3.05) is 27.4 Å². The van der Waals surface area contributed by atoms with E-state index >= 15 is 0 Å². The lowest BCUT2D eigenvalue weighted by molar-refractivity contribution is 0.0872. The van der Waals surface area contributed by atoms with E-state index in [1.165, 1.54) is 0 Å². The topological polar surface area (TPSA) is 44.5 Å². The summed E-state index contributed by atoms with van der Waals surface area (Å²) in [5.41, 5.74) is 5.83. The first kappa shape index (κ1) is 13.9. The Morgan fingerprint density at radius 3 is 1.64 bits per heavy atom. The van der Waals surface area contributed by atoms with Gasteiger partial charge in [0.25, 0.3) is 0 Å². The van der Waals surface area contributed by atoms with Crippen molar-refractivity contribution in [2.24, 2.45) is 11.1 Å². The van der Waals surface area contributed by atoms with Gasteiger partial charge in [0.15, 0.2) is 0 Å². The fourth-order valence-electron chi connectivity index (χ4n) is 1.37. The molecule has 0 spiro atoms. The van der Waals surface area contributed by atoms with Crippen LogP contribution in [0.5, 0.6) is 0 Å². The van der Waals surface area contributed by atoms with Gasteiger partial charge < -0.3 is 15.2 Å². The normalized spacial score (nSPS) is 13.3. The van der Waals surface area contributed by atoms with E-state index in [1.807, 2.05) is 0 Å². The zero-order chi connectivity index (χ0) is 11.2. The van der Waals surface area contributed by atoms with Gasteiger partial charge in [0, 0.05) is 33.0 Å². The quantitative estimate of drug-likeness (QED) is 0.682. The first-order valence-corrected chi connectivity index (χ1v) is 4.99. The minimum atomic E-state index is -0.320. The summed E-state index contributed by atoms with van der Waals surface area (Å²) >= 11 is 0. The molecule has 2 N–H and O–H groups in total. The summed E-state index contributed by atoms with van der Waals surface area (Å²) < 4.78 is 10.1. The van der Waals surface area contributed by atoms with Crippen LogP contribution in [0.1, 0.15) is 26.7 Å². The summed E-state index contributed by atoms with van der Waals surface area (Å²) in [5, 5.41) is 0. The molecule has 1 radical (unpaired) electrons. The molecule has 0 aromatic rings. The van der Waals surface area contributed by atoms with E-state index in [1.54, 1.807) is 14.2 Å². The SMILES string of the molecule is [CH2]C(C)(C)C(N)(CCOC)CCOC. The highest BCUT2D eigenvalue weighted by atomic mass is 16.5. The standard InChI is InChI=1S/C11H24NO2/c1-10(2,3)11(12,6-8-13-4)7-9-14-5/h1,6-9,12H2,2-5H3. The second-order valence-corrected chi connectivity index (χ2v) is 4.53. The largest absolute Gasteiger partial charge is 0.385 e. The van der Waals surface area contributed by atoms with Crippen LogP contribution in [0.15, 0.2) is 0 Å². The Bertz CT molecular complexity index is 144. The van der Waals surface area contributed by atoms with Crippen molar-refractivity contribution in [3.63, 3.8) is 0 Å². The molecular weight excluding hydrogens is 178 g/mol. The summed E-state index contributed by atoms with van der Waals surface area (Å²) in [7, 11) is 3.37. The van der Waals surface area contributed by atoms with Crippen LogP contribution in [-0.2, 0) is 9.47 Å². The first-order valence-electron chi connectivity index (χ1n) is 4.99. The van der Waals surface area contributed by atoms with Crippen molar-refractivity contribution in [2.45, 2.75) is 32.2 Å². The minimum absolute atomic E-state index is 0.177. The van der Waals surface area contributed by atoms with Gasteiger partial charge in [-0.05, 0) is 25.2 Å². The zero-order valence-corrected chi connectivity index (χ0v) is 9.93. The molecule has 3 nitrogen and oxygen atoms in total. The molecule has 0 saturated heterocycles. The van der Waals surface area contributed by atoms with Crippen molar-refractivity contribution in [3.05, 3.63) is 6.92 Å². The monoisotopic (exact) mass is 202 g/mol. The molecule has 0 heterocycles. The summed E-state index contributed by atoms with van der Waals surface area (Å²) in [6.45, 7) is 9.55. The van der Waals surface area contributed by atoms with Crippen LogP contribution >= 0.6 is 0 Å². The minimum Gasteiger partial charge on any atom is -0.385 e. The summed E-state index contributed by atoms with van der Waals surface area (Å²) in [4.78, 5) is 0. The highest BCUT2D eigenvalue weighted by molar-refractivity contribution is 4.98. The number of rotatable bonds is 7. The first-order chi connectivity index (χ1) is 6.37. The molecule has 0 unspecified atom stereocenters. The fraction of sp³-hybridized carbons (Fsp3) is 0.909. The molecule has 0 saturated carbocycles. The molecule has 0 aromatic heterocycles. The third-order valence-corrected chi connectivity index (χ3v) is 2.85. The van der Waals surface area contributed by atoms with E-state index in [9.17, 15) is 0 Å². The molecule has 0 amide bonds. The number of methoxy groups -OCH3 is 2. The second kappa shape index (κ2) is 5.69. The predicted octanol–water partition coefficient (Wildman–Crippen LogP) is 1.62. The Morgan fingerprint density at radius 2 is 1.43 bits per heavy atom. The smallest absolute Gasteiger partial charge is 0.0479 e. The Balaban J connectivity index is 4.33. The van der Waals surface area contributed by atoms with Crippen molar-refractivity contribution in [1.82, 2.24) is 0 Å². The highest BCUT2D eigenvalue weighted by Gasteiger charge is 2.37. The van der Waals surface area contributed by atoms with Gasteiger partial charge in [-0.3, -0.25) is 0 Å². The van der Waals surface area contributed by atoms with Crippen molar-refractivity contribution >= 4 is 0 Å². The maximum Gasteiger partial charge on any atom is 0.0479 e. The van der Waals surface area contributed by atoms with E-state index in [4.69, 9.17) is 15.2 Å². The van der Waals surface area contributed by atoms with Crippen LogP contribution in [0, 0.1) is 12.3 Å². The van der Waals surface area contributed by atoms with Gasteiger partial charge in [-0.15, -0.1) is 0 Å². The third-order valence-electron chi connectivity index (χ3n) is 2.85. The maximum absolute atomic E-state index is 6.32. The van der Waals surface area contributed by atoms with E-state index in [0.29, 0.717) is 13.2 Å². The molecule has 0 aliphatic rings. The van der Waals surface area contributed by atoms with E-state index < -0.39 is 0 Å². The Kier molecular flexibility index (Phi) is 5.64. The van der Waals surface area contributed by atoms with Crippen LogP contribution in [0.25, 0.3) is 0 Å². The van der Waals surface area contributed by atoms with Crippen molar-refractivity contribution < 1.29 is 9.47 Å². The molecule has 0 aliphatic carbocycles. The lowest BCUT2D eigenvalue weighted by Crippen LogP contribution is -2.53. The molecule has 3 heteroatoms. The lowest BCUT2D eigenvalue weighted by Gasteiger charge is -2.41. The van der Waals surface area contributed by atoms with Crippen molar-refractivity contribution in [3.8, 4) is 0 Å². The summed E-state index contributed by atoms with van der Waals surface area (Å²) in [6, 6.07) is 0. The van der Waals surface area contributed by atoms with E-state index in [-0.39, 0.29) is 11.0 Å². The van der Waals surface area contributed by atoms with E-state index in [2.05, 4.69) is 20.8 Å². The Hall–Kier alpha value is -0.120. The van der Waals surface area contributed by atoms with Crippen LogP contribution in [0.4, 0.5) is 0 Å². The zero-order valence-electron chi connectivity index (χ0n) is 9.93. The molecule has 85 valence electrons. The van der Waals surface area contributed by atoms with Gasteiger partial charge in [0.05, 0.1) is 0 Å². The predicted molar refractivity (Wildman–Crippen MR) is 59.0 cm³/mol. The highest BCUT2D eigenvalue weighted by Crippen LogP contribution is 2.33. The number of hydrogen-bond acceptors (Lipinski definition) is 3. The molecule has 0 fully saturated rings. The van der Waals surface area contributed by atoms with Gasteiger partial charge in [0.1, 0.15) is 0 Å². The molecule has 14 heavy (non-hydrogen) atoms. The summed E-state index contributed by atoms with van der Waals surface area (Å²) in [5.74, 6) is 0. The van der Waals surface area contributed by atoms with Gasteiger partial charge in [-0.1, -0.05) is 13.8 Å². The lowest BCUT2D eigenvalue weighted by atomic mass is 9.70. The number of nitrogens with two attached hydrogens (primary N) is 1. The van der Waals surface area contributed by atoms with E-state index in [0.717, 1.165) is 12.8 Å². The Morgan fingerprint density at radius 1 is 1.07 bits per heavy atom. The average molecular weight is 202 g/mol. The molecule has 0 aliphatic heterocycles. The third kappa shape index (κ3) is 3.95. The van der Waals surface area contributed by atoms with Crippen molar-refractivity contribution in [1.29, 1.82) is 0 Å². The molecule has 0 atom stereocenters. The fourth-order valence-corrected chi connectivity index (χ4v) is 1.37. The number of hydrogen-bond donors (Lipinski definition) is 1. The van der Waals surface area contributed by atoms with Gasteiger partial charge in [-0.2, -0.15) is 0 Å². The Labute approximate surface area is 88.0 Å². The molecular formula is C11H24NO2. The van der Waals surface area contributed by atoms with Crippen LogP contribution in [-0.4, -0.2) is 33.0 Å². The molecule has 0 bridgehead atoms. The van der Waals surface area contributed by atoms with Crippen LogP contribution in [0.3, 0.4) is 0 Å². The maximum atomic E-state index is 6.32. The number of ether oxygens (including phenoxy) is 2. The van der Waals surface area contributed by atoms with Gasteiger partial charge >= 0.3 is 0 Å². The van der Waals surface area contributed by atoms with Crippen LogP contribution in [0.2, 0.25) is 0 Å². The molecule has 0 rings (SSSR count). The average Bonchev–Trinajstić information content (AvgIpc) is 2.09. The van der Waals surface area contributed by atoms with Gasteiger partial charge in [-0.25, -0.2) is 0 Å². The second-order valence-electron chi connectivity index (χ2n) is 4.53. The van der Waals surface area contributed by atoms with Crippen LogP contribution < -0.4 is 5.73 Å². The van der Waals surface area contributed by atoms with Gasteiger partial charge in [0.2, 0.25) is 0 Å².